The predicted octanol–water partition coefficient (Wildman–Crippen LogP) is 2.13. The van der Waals surface area contributed by atoms with Crippen LogP contribution >= 0.6 is 11.3 Å². The second-order valence-corrected chi connectivity index (χ2v) is 8.25. The van der Waals surface area contributed by atoms with Crippen LogP contribution in [-0.2, 0) is 23.9 Å². The highest BCUT2D eigenvalue weighted by Gasteiger charge is 2.49. The van der Waals surface area contributed by atoms with Crippen LogP contribution in [0.15, 0.2) is 0 Å². The average molecular weight is 454 g/mol. The van der Waals surface area contributed by atoms with Crippen molar-refractivity contribution < 1.29 is 33.4 Å². The van der Waals surface area contributed by atoms with Gasteiger partial charge in [0.15, 0.2) is 6.61 Å². The van der Waals surface area contributed by atoms with E-state index in [2.05, 4.69) is 10.6 Å². The first-order chi connectivity index (χ1) is 14.6. The molecule has 0 saturated carbocycles. The summed E-state index contributed by atoms with van der Waals surface area (Å²) in [5.74, 6) is -2.60. The van der Waals surface area contributed by atoms with E-state index in [9.17, 15) is 24.0 Å². The number of carbonyl (C=O) groups excluding carboxylic acids is 5. The zero-order valence-electron chi connectivity index (χ0n) is 18.2. The van der Waals surface area contributed by atoms with Gasteiger partial charge in [0, 0.05) is 4.88 Å². The lowest BCUT2D eigenvalue weighted by Gasteiger charge is -2.22. The third-order valence-corrected chi connectivity index (χ3v) is 6.34. The second kappa shape index (κ2) is 9.90. The molecule has 1 aromatic heterocycles. The van der Waals surface area contributed by atoms with Crippen molar-refractivity contribution in [3.8, 4) is 0 Å². The molecular weight excluding hydrogens is 426 g/mol. The van der Waals surface area contributed by atoms with Crippen LogP contribution in [0.1, 0.15) is 54.4 Å². The van der Waals surface area contributed by atoms with Crippen LogP contribution in [0.5, 0.6) is 0 Å². The minimum Gasteiger partial charge on any atom is -0.462 e. The van der Waals surface area contributed by atoms with Gasteiger partial charge in [-0.1, -0.05) is 13.8 Å². The number of amides is 4. The summed E-state index contributed by atoms with van der Waals surface area (Å²) in [6.07, 6.45) is 0.787. The molecule has 0 atom stereocenters. The molecule has 2 N–H and O–H groups in total. The first kappa shape index (κ1) is 24.3. The van der Waals surface area contributed by atoms with Gasteiger partial charge in [-0.15, -0.1) is 11.3 Å². The van der Waals surface area contributed by atoms with E-state index in [-0.39, 0.29) is 12.2 Å². The van der Waals surface area contributed by atoms with Crippen molar-refractivity contribution >= 4 is 46.1 Å². The molecule has 31 heavy (non-hydrogen) atoms. The summed E-state index contributed by atoms with van der Waals surface area (Å²) in [5, 5.41) is 5.47. The third-order valence-electron chi connectivity index (χ3n) is 5.22. The standard InChI is InChI=1S/C20H27N3O7S/c1-6-20(7-2)18(27)23(19(28)22-20)9-14(25)30-10-13(24)21-16-15(17(26)29-8-3)11(4)12(5)31-16/h6-10H2,1-5H3,(H,21,24)(H,22,28). The molecule has 10 nitrogen and oxygen atoms in total. The highest BCUT2D eigenvalue weighted by Crippen LogP contribution is 2.33. The fourth-order valence-corrected chi connectivity index (χ4v) is 4.26. The number of imide groups is 1. The Morgan fingerprint density at radius 1 is 1.10 bits per heavy atom. The Hall–Kier alpha value is -2.95. The summed E-state index contributed by atoms with van der Waals surface area (Å²) >= 11 is 1.21. The highest BCUT2D eigenvalue weighted by atomic mass is 32.1. The van der Waals surface area contributed by atoms with E-state index in [1.807, 2.05) is 6.92 Å². The topological polar surface area (TPSA) is 131 Å². The molecule has 0 bridgehead atoms. The SMILES string of the molecule is CCOC(=O)c1c(NC(=O)COC(=O)CN2C(=O)NC(CC)(CC)C2=O)sc(C)c1C. The fraction of sp³-hybridized carbons (Fsp3) is 0.550. The van der Waals surface area contributed by atoms with Crippen molar-refractivity contribution in [2.45, 2.75) is 53.0 Å². The Morgan fingerprint density at radius 2 is 1.74 bits per heavy atom. The summed E-state index contributed by atoms with van der Waals surface area (Å²) in [6, 6.07) is -0.668. The van der Waals surface area contributed by atoms with Crippen LogP contribution in [0.4, 0.5) is 9.80 Å². The van der Waals surface area contributed by atoms with Crippen molar-refractivity contribution in [3.63, 3.8) is 0 Å². The Balaban J connectivity index is 1.96. The Kier molecular flexibility index (Phi) is 7.77. The fourth-order valence-electron chi connectivity index (χ4n) is 3.20. The van der Waals surface area contributed by atoms with Gasteiger partial charge in [-0.2, -0.15) is 0 Å². The average Bonchev–Trinajstić information content (AvgIpc) is 3.13. The Labute approximate surface area is 184 Å². The van der Waals surface area contributed by atoms with Gasteiger partial charge in [-0.05, 0) is 39.2 Å². The van der Waals surface area contributed by atoms with Gasteiger partial charge >= 0.3 is 18.0 Å². The molecule has 0 aliphatic carbocycles. The number of ether oxygens (including phenoxy) is 2. The number of carbonyl (C=O) groups is 5. The molecule has 1 aliphatic heterocycles. The lowest BCUT2D eigenvalue weighted by atomic mass is 9.93. The quantitative estimate of drug-likeness (QED) is 0.432. The molecule has 0 radical (unpaired) electrons. The number of nitrogens with one attached hydrogen (secondary N) is 2. The molecule has 11 heteroatoms. The predicted molar refractivity (Wildman–Crippen MR) is 113 cm³/mol. The summed E-state index contributed by atoms with van der Waals surface area (Å²) in [6.45, 7) is 7.75. The Morgan fingerprint density at radius 3 is 2.29 bits per heavy atom. The number of thiophene rings is 1. The number of aryl methyl sites for hydroxylation is 1. The molecule has 1 aliphatic rings. The molecule has 170 valence electrons. The molecule has 2 rings (SSSR count). The Bertz CT molecular complexity index is 905. The minimum atomic E-state index is -1.02. The first-order valence-corrected chi connectivity index (χ1v) is 10.8. The van der Waals surface area contributed by atoms with Gasteiger partial charge in [0.2, 0.25) is 0 Å². The summed E-state index contributed by atoms with van der Waals surface area (Å²) < 4.78 is 9.95. The van der Waals surface area contributed by atoms with Crippen LogP contribution in [0.2, 0.25) is 0 Å². The molecule has 1 saturated heterocycles. The second-order valence-electron chi connectivity index (χ2n) is 7.03. The number of urea groups is 1. The normalized spacial score (nSPS) is 14.9. The summed E-state index contributed by atoms with van der Waals surface area (Å²) in [5.41, 5.74) is -0.0592. The van der Waals surface area contributed by atoms with Crippen LogP contribution in [0.3, 0.4) is 0 Å². The van der Waals surface area contributed by atoms with Gasteiger partial charge in [0.1, 0.15) is 17.1 Å². The maximum atomic E-state index is 12.5. The van der Waals surface area contributed by atoms with Crippen molar-refractivity contribution in [1.82, 2.24) is 10.2 Å². The van der Waals surface area contributed by atoms with E-state index < -0.39 is 48.5 Å². The molecule has 2 heterocycles. The van der Waals surface area contributed by atoms with Crippen LogP contribution in [-0.4, -0.2) is 60.0 Å². The molecule has 0 aromatic carbocycles. The number of esters is 2. The molecule has 0 spiro atoms. The van der Waals surface area contributed by atoms with Gasteiger partial charge in [0.25, 0.3) is 11.8 Å². The number of hydrogen-bond donors (Lipinski definition) is 2. The van der Waals surface area contributed by atoms with Crippen molar-refractivity contribution in [1.29, 1.82) is 0 Å². The van der Waals surface area contributed by atoms with E-state index in [1.54, 1.807) is 27.7 Å². The van der Waals surface area contributed by atoms with E-state index in [0.717, 1.165) is 9.78 Å². The first-order valence-electron chi connectivity index (χ1n) is 9.96. The van der Waals surface area contributed by atoms with Crippen molar-refractivity contribution in [2.24, 2.45) is 0 Å². The smallest absolute Gasteiger partial charge is 0.341 e. The maximum Gasteiger partial charge on any atom is 0.341 e. The molecule has 1 aromatic rings. The van der Waals surface area contributed by atoms with Gasteiger partial charge < -0.3 is 20.1 Å². The third kappa shape index (κ3) is 5.04. The summed E-state index contributed by atoms with van der Waals surface area (Å²) in [7, 11) is 0. The molecule has 1 fully saturated rings. The van der Waals surface area contributed by atoms with Crippen LogP contribution in [0.25, 0.3) is 0 Å². The van der Waals surface area contributed by atoms with E-state index in [1.165, 1.54) is 11.3 Å². The van der Waals surface area contributed by atoms with Gasteiger partial charge in [0.05, 0.1) is 12.2 Å². The van der Waals surface area contributed by atoms with E-state index in [4.69, 9.17) is 9.47 Å². The number of nitrogens with zero attached hydrogens (tertiary/aromatic N) is 1. The number of anilines is 1. The zero-order valence-corrected chi connectivity index (χ0v) is 19.1. The summed E-state index contributed by atoms with van der Waals surface area (Å²) in [4.78, 5) is 62.8. The largest absolute Gasteiger partial charge is 0.462 e. The molecular formula is C20H27N3O7S. The van der Waals surface area contributed by atoms with Gasteiger partial charge in [-0.25, -0.2) is 9.59 Å². The molecule has 0 unspecified atom stereocenters. The lowest BCUT2D eigenvalue weighted by molar-refractivity contribution is -0.150. The lowest BCUT2D eigenvalue weighted by Crippen LogP contribution is -2.46. The van der Waals surface area contributed by atoms with Crippen molar-refractivity contribution in [2.75, 3.05) is 25.1 Å². The van der Waals surface area contributed by atoms with Gasteiger partial charge in [-0.3, -0.25) is 19.3 Å². The molecule has 4 amide bonds. The van der Waals surface area contributed by atoms with Crippen LogP contribution < -0.4 is 10.6 Å². The number of hydrogen-bond acceptors (Lipinski definition) is 8. The van der Waals surface area contributed by atoms with Crippen molar-refractivity contribution in [3.05, 3.63) is 16.0 Å². The number of rotatable bonds is 9. The van der Waals surface area contributed by atoms with Crippen LogP contribution in [0, 0.1) is 13.8 Å². The monoisotopic (exact) mass is 453 g/mol. The highest BCUT2D eigenvalue weighted by molar-refractivity contribution is 7.16. The van der Waals surface area contributed by atoms with E-state index in [0.29, 0.717) is 23.4 Å². The zero-order chi connectivity index (χ0) is 23.3. The maximum absolute atomic E-state index is 12.5. The minimum absolute atomic E-state index is 0.193. The van der Waals surface area contributed by atoms with E-state index >= 15 is 0 Å².